The number of carbonyl (C=O) groups excluding carboxylic acids is 2. The number of nitrogens with zero attached hydrogens (tertiary/aromatic N) is 3. The summed E-state index contributed by atoms with van der Waals surface area (Å²) < 4.78 is 0. The monoisotopic (exact) mass is 404 g/mol. The fourth-order valence-corrected chi connectivity index (χ4v) is 4.16. The molecule has 2 aliphatic heterocycles. The zero-order chi connectivity index (χ0) is 20.5. The number of benzene rings is 2. The van der Waals surface area contributed by atoms with E-state index in [1.807, 2.05) is 56.3 Å². The summed E-state index contributed by atoms with van der Waals surface area (Å²) in [7, 11) is 0. The smallest absolute Gasteiger partial charge is 0.263 e. The number of hydrogen-bond acceptors (Lipinski definition) is 5. The van der Waals surface area contributed by atoms with Crippen LogP contribution in [-0.2, 0) is 9.59 Å². The first-order valence-corrected chi connectivity index (χ1v) is 10.0. The van der Waals surface area contributed by atoms with Gasteiger partial charge in [-0.15, -0.1) is 0 Å². The van der Waals surface area contributed by atoms with Crippen molar-refractivity contribution < 1.29 is 9.59 Å². The van der Waals surface area contributed by atoms with Gasteiger partial charge in [-0.3, -0.25) is 9.59 Å². The van der Waals surface area contributed by atoms with Crippen LogP contribution < -0.4 is 10.3 Å². The number of aryl methyl sites for hydroxylation is 2. The highest BCUT2D eigenvalue weighted by atomic mass is 32.2. The van der Waals surface area contributed by atoms with Gasteiger partial charge >= 0.3 is 0 Å². The van der Waals surface area contributed by atoms with E-state index in [1.54, 1.807) is 13.0 Å². The van der Waals surface area contributed by atoms with E-state index in [0.717, 1.165) is 16.8 Å². The van der Waals surface area contributed by atoms with Gasteiger partial charge in [-0.1, -0.05) is 24.3 Å². The number of para-hydroxylation sites is 1. The predicted molar refractivity (Wildman–Crippen MR) is 117 cm³/mol. The lowest BCUT2D eigenvalue weighted by molar-refractivity contribution is -0.118. The lowest BCUT2D eigenvalue weighted by Gasteiger charge is -2.12. The van der Waals surface area contributed by atoms with Crippen molar-refractivity contribution in [1.29, 1.82) is 0 Å². The Labute approximate surface area is 173 Å². The van der Waals surface area contributed by atoms with Gasteiger partial charge in [-0.05, 0) is 74.0 Å². The minimum atomic E-state index is -0.566. The number of amidine groups is 1. The Morgan fingerprint density at radius 3 is 2.45 bits per heavy atom. The molecule has 29 heavy (non-hydrogen) atoms. The van der Waals surface area contributed by atoms with Gasteiger partial charge in [-0.2, -0.15) is 10.1 Å². The number of hydrazone groups is 1. The highest BCUT2D eigenvalue weighted by molar-refractivity contribution is 8.18. The van der Waals surface area contributed by atoms with Crippen molar-refractivity contribution >= 4 is 45.8 Å². The molecule has 0 spiro atoms. The molecule has 1 N–H and O–H groups in total. The Morgan fingerprint density at radius 1 is 1.07 bits per heavy atom. The largest absolute Gasteiger partial charge is 0.300 e. The van der Waals surface area contributed by atoms with Crippen LogP contribution in [0.1, 0.15) is 18.1 Å². The molecule has 0 bridgehead atoms. The lowest BCUT2D eigenvalue weighted by Crippen LogP contribution is -2.26. The van der Waals surface area contributed by atoms with Gasteiger partial charge in [0.25, 0.3) is 11.8 Å². The van der Waals surface area contributed by atoms with Gasteiger partial charge in [0, 0.05) is 0 Å². The maximum absolute atomic E-state index is 12.9. The van der Waals surface area contributed by atoms with Gasteiger partial charge < -0.3 is 5.32 Å². The zero-order valence-corrected chi connectivity index (χ0v) is 17.2. The molecule has 1 saturated heterocycles. The SMILES string of the molecule is CC1=NN(c2ccccc2)C(=O)[C@H]1/C=C1\SC(=Nc2cc(C)cc(C)c2)NC1=O. The summed E-state index contributed by atoms with van der Waals surface area (Å²) in [5.74, 6) is -0.991. The molecule has 0 saturated carbocycles. The summed E-state index contributed by atoms with van der Waals surface area (Å²) in [5, 5.41) is 9.05. The van der Waals surface area contributed by atoms with Crippen LogP contribution in [0, 0.1) is 19.8 Å². The third-order valence-electron chi connectivity index (χ3n) is 4.59. The van der Waals surface area contributed by atoms with E-state index in [-0.39, 0.29) is 11.8 Å². The Balaban J connectivity index is 1.56. The molecule has 1 atom stereocenters. The maximum Gasteiger partial charge on any atom is 0.263 e. The number of hydrogen-bond donors (Lipinski definition) is 1. The number of anilines is 1. The van der Waals surface area contributed by atoms with Gasteiger partial charge in [0.05, 0.1) is 27.9 Å². The van der Waals surface area contributed by atoms with Crippen molar-refractivity contribution in [3.05, 3.63) is 70.6 Å². The molecule has 2 heterocycles. The molecule has 1 fully saturated rings. The molecule has 0 unspecified atom stereocenters. The zero-order valence-electron chi connectivity index (χ0n) is 16.3. The molecule has 4 rings (SSSR count). The molecular weight excluding hydrogens is 384 g/mol. The van der Waals surface area contributed by atoms with Crippen LogP contribution in [0.25, 0.3) is 0 Å². The maximum atomic E-state index is 12.9. The molecule has 0 aromatic heterocycles. The number of aliphatic imine (C=N–C) groups is 1. The molecule has 6 nitrogen and oxygen atoms in total. The van der Waals surface area contributed by atoms with Crippen LogP contribution in [0.3, 0.4) is 0 Å². The highest BCUT2D eigenvalue weighted by Gasteiger charge is 2.35. The van der Waals surface area contributed by atoms with E-state index in [0.29, 0.717) is 21.5 Å². The second kappa shape index (κ2) is 7.67. The fraction of sp³-hybridized carbons (Fsp3) is 0.182. The van der Waals surface area contributed by atoms with E-state index in [1.165, 1.54) is 16.8 Å². The van der Waals surface area contributed by atoms with E-state index < -0.39 is 5.92 Å². The average molecular weight is 404 g/mol. The predicted octanol–water partition coefficient (Wildman–Crippen LogP) is 4.08. The number of amides is 2. The molecule has 2 aromatic carbocycles. The number of rotatable bonds is 3. The Bertz CT molecular complexity index is 1070. The minimum Gasteiger partial charge on any atom is -0.300 e. The lowest BCUT2D eigenvalue weighted by atomic mass is 10.0. The van der Waals surface area contributed by atoms with E-state index in [4.69, 9.17) is 0 Å². The third-order valence-corrected chi connectivity index (χ3v) is 5.52. The van der Waals surface area contributed by atoms with Crippen LogP contribution in [0.15, 0.2) is 69.6 Å². The van der Waals surface area contributed by atoms with Gasteiger partial charge in [0.15, 0.2) is 5.17 Å². The van der Waals surface area contributed by atoms with Gasteiger partial charge in [0.2, 0.25) is 0 Å². The Hall–Kier alpha value is -3.19. The molecule has 0 radical (unpaired) electrons. The summed E-state index contributed by atoms with van der Waals surface area (Å²) in [6.07, 6.45) is 1.67. The standard InChI is InChI=1S/C22H20N4O2S/c1-13-9-14(2)11-16(10-13)23-22-24-20(27)19(29-22)12-18-15(3)25-26(21(18)28)17-7-5-4-6-8-17/h4-12,18H,1-3H3,(H,23,24,27)/b19-12-/t18-/m0/s1. The van der Waals surface area contributed by atoms with Crippen LogP contribution >= 0.6 is 11.8 Å². The number of carbonyl (C=O) groups is 2. The number of nitrogens with one attached hydrogen (secondary N) is 1. The summed E-state index contributed by atoms with van der Waals surface area (Å²) in [6, 6.07) is 15.3. The van der Waals surface area contributed by atoms with Crippen LogP contribution in [0.4, 0.5) is 11.4 Å². The van der Waals surface area contributed by atoms with Gasteiger partial charge in [-0.25, -0.2) is 4.99 Å². The number of thioether (sulfide) groups is 1. The highest BCUT2D eigenvalue weighted by Crippen LogP contribution is 2.31. The topological polar surface area (TPSA) is 74.1 Å². The van der Waals surface area contributed by atoms with E-state index >= 15 is 0 Å². The molecule has 146 valence electrons. The summed E-state index contributed by atoms with van der Waals surface area (Å²) >= 11 is 1.24. The molecule has 2 aliphatic rings. The first-order chi connectivity index (χ1) is 13.9. The summed E-state index contributed by atoms with van der Waals surface area (Å²) in [4.78, 5) is 30.3. The van der Waals surface area contributed by atoms with Crippen LogP contribution in [-0.4, -0.2) is 22.7 Å². The van der Waals surface area contributed by atoms with Crippen molar-refractivity contribution in [3.63, 3.8) is 0 Å². The van der Waals surface area contributed by atoms with Crippen molar-refractivity contribution in [2.24, 2.45) is 16.0 Å². The van der Waals surface area contributed by atoms with Crippen molar-refractivity contribution in [3.8, 4) is 0 Å². The third kappa shape index (κ3) is 4.00. The summed E-state index contributed by atoms with van der Waals surface area (Å²) in [5.41, 5.74) is 4.37. The van der Waals surface area contributed by atoms with Crippen LogP contribution in [0.2, 0.25) is 0 Å². The van der Waals surface area contributed by atoms with Crippen molar-refractivity contribution in [2.45, 2.75) is 20.8 Å². The first kappa shape index (κ1) is 19.1. The second-order valence-corrected chi connectivity index (χ2v) is 8.09. The molecule has 2 amide bonds. The van der Waals surface area contributed by atoms with Crippen molar-refractivity contribution in [2.75, 3.05) is 5.01 Å². The quantitative estimate of drug-likeness (QED) is 0.784. The fourth-order valence-electron chi connectivity index (χ4n) is 3.30. The van der Waals surface area contributed by atoms with E-state index in [9.17, 15) is 9.59 Å². The van der Waals surface area contributed by atoms with E-state index in [2.05, 4.69) is 21.5 Å². The normalized spacial score (nSPS) is 21.8. The second-order valence-electron chi connectivity index (χ2n) is 7.05. The molecule has 7 heteroatoms. The Morgan fingerprint density at radius 2 is 1.76 bits per heavy atom. The van der Waals surface area contributed by atoms with Gasteiger partial charge in [0.1, 0.15) is 0 Å². The Kier molecular flexibility index (Phi) is 5.07. The minimum absolute atomic E-state index is 0.172. The molecular formula is C22H20N4O2S. The van der Waals surface area contributed by atoms with Crippen LogP contribution in [0.5, 0.6) is 0 Å². The first-order valence-electron chi connectivity index (χ1n) is 9.23. The summed E-state index contributed by atoms with van der Waals surface area (Å²) in [6.45, 7) is 5.81. The van der Waals surface area contributed by atoms with Crippen molar-refractivity contribution in [1.82, 2.24) is 5.32 Å². The molecule has 2 aromatic rings. The molecule has 0 aliphatic carbocycles. The average Bonchev–Trinajstić information content (AvgIpc) is 3.15.